The second-order valence-electron chi connectivity index (χ2n) is 7.34. The van der Waals surface area contributed by atoms with Gasteiger partial charge in [0.1, 0.15) is 11.4 Å². The Kier molecular flexibility index (Phi) is 5.97. The summed E-state index contributed by atoms with van der Waals surface area (Å²) in [6, 6.07) is 10.7. The number of benzene rings is 1. The van der Waals surface area contributed by atoms with Gasteiger partial charge in [-0.3, -0.25) is 9.59 Å². The molecule has 1 amide bonds. The lowest BCUT2D eigenvalue weighted by Crippen LogP contribution is -2.37. The highest BCUT2D eigenvalue weighted by Gasteiger charge is 2.23. The fourth-order valence-electron chi connectivity index (χ4n) is 3.75. The summed E-state index contributed by atoms with van der Waals surface area (Å²) in [6.07, 6.45) is 3.76. The number of rotatable bonds is 4. The minimum absolute atomic E-state index is 0.157. The second-order valence-corrected chi connectivity index (χ2v) is 7.34. The molecule has 1 aliphatic heterocycles. The maximum absolute atomic E-state index is 13.1. The molecule has 2 aromatic heterocycles. The van der Waals surface area contributed by atoms with E-state index < -0.39 is 5.97 Å². The van der Waals surface area contributed by atoms with Crippen molar-refractivity contribution in [2.24, 2.45) is 0 Å². The van der Waals surface area contributed by atoms with Crippen LogP contribution in [0.1, 0.15) is 34.1 Å². The molecule has 31 heavy (non-hydrogen) atoms. The van der Waals surface area contributed by atoms with E-state index in [1.807, 2.05) is 12.1 Å². The van der Waals surface area contributed by atoms with E-state index in [1.165, 1.54) is 12.4 Å². The lowest BCUT2D eigenvalue weighted by molar-refractivity contribution is 0.0525. The third-order valence-corrected chi connectivity index (χ3v) is 5.38. The van der Waals surface area contributed by atoms with Crippen molar-refractivity contribution in [1.82, 2.24) is 14.9 Å². The molecule has 3 aromatic rings. The maximum atomic E-state index is 13.1. The van der Waals surface area contributed by atoms with Gasteiger partial charge < -0.3 is 19.5 Å². The molecule has 0 spiro atoms. The van der Waals surface area contributed by atoms with Crippen LogP contribution in [0.15, 0.2) is 53.6 Å². The van der Waals surface area contributed by atoms with E-state index in [2.05, 4.69) is 14.9 Å². The quantitative estimate of drug-likeness (QED) is 0.652. The van der Waals surface area contributed by atoms with Crippen LogP contribution in [0.3, 0.4) is 0 Å². The summed E-state index contributed by atoms with van der Waals surface area (Å²) in [6.45, 7) is 4.42. The molecule has 3 heterocycles. The first-order valence-corrected chi connectivity index (χ1v) is 10.4. The van der Waals surface area contributed by atoms with E-state index in [0.29, 0.717) is 42.7 Å². The number of amides is 1. The van der Waals surface area contributed by atoms with Crippen LogP contribution in [0.5, 0.6) is 0 Å². The number of esters is 1. The molecular weight excluding hydrogens is 396 g/mol. The number of para-hydroxylation sites is 1. The molecule has 1 aromatic carbocycles. The zero-order chi connectivity index (χ0) is 21.8. The zero-order valence-corrected chi connectivity index (χ0v) is 17.3. The summed E-state index contributed by atoms with van der Waals surface area (Å²) >= 11 is 0. The molecule has 1 fully saturated rings. The number of pyridine rings is 2. The van der Waals surface area contributed by atoms with Crippen LogP contribution in [0.2, 0.25) is 0 Å². The molecule has 160 valence electrons. The van der Waals surface area contributed by atoms with Crippen LogP contribution in [-0.4, -0.2) is 59.5 Å². The Bertz CT molecular complexity index is 1160. The average molecular weight is 420 g/mol. The molecule has 0 unspecified atom stereocenters. The van der Waals surface area contributed by atoms with Gasteiger partial charge in [-0.2, -0.15) is 0 Å². The van der Waals surface area contributed by atoms with Gasteiger partial charge >= 0.3 is 5.97 Å². The molecule has 0 atom stereocenters. The van der Waals surface area contributed by atoms with E-state index in [-0.39, 0.29) is 16.9 Å². The fourth-order valence-corrected chi connectivity index (χ4v) is 3.75. The van der Waals surface area contributed by atoms with Gasteiger partial charge in [0.25, 0.3) is 5.91 Å². The topological polar surface area (TPSA) is 95.6 Å². The van der Waals surface area contributed by atoms with Crippen molar-refractivity contribution < 1.29 is 14.3 Å². The number of carbonyl (C=O) groups excluding carboxylic acids is 2. The number of nitrogens with zero attached hydrogens (tertiary/aromatic N) is 3. The number of nitrogens with one attached hydrogen (secondary N) is 1. The molecular formula is C23H24N4O4. The molecule has 8 heteroatoms. The minimum Gasteiger partial charge on any atom is -0.462 e. The van der Waals surface area contributed by atoms with Gasteiger partial charge in [0, 0.05) is 49.5 Å². The Labute approximate surface area is 179 Å². The first-order chi connectivity index (χ1) is 15.1. The van der Waals surface area contributed by atoms with Crippen molar-refractivity contribution in [2.45, 2.75) is 13.3 Å². The second kappa shape index (κ2) is 8.99. The number of anilines is 1. The van der Waals surface area contributed by atoms with E-state index in [1.54, 1.807) is 36.1 Å². The third-order valence-electron chi connectivity index (χ3n) is 5.38. The lowest BCUT2D eigenvalue weighted by atomic mass is 10.1. The number of hydrogen-bond acceptors (Lipinski definition) is 6. The van der Waals surface area contributed by atoms with Crippen LogP contribution in [0.4, 0.5) is 5.82 Å². The van der Waals surface area contributed by atoms with Crippen molar-refractivity contribution in [3.05, 3.63) is 70.1 Å². The Balaban J connectivity index is 1.47. The maximum Gasteiger partial charge on any atom is 0.339 e. The van der Waals surface area contributed by atoms with E-state index in [9.17, 15) is 14.4 Å². The lowest BCUT2D eigenvalue weighted by Gasteiger charge is -2.23. The van der Waals surface area contributed by atoms with Gasteiger partial charge in [0.2, 0.25) is 5.43 Å². The predicted octanol–water partition coefficient (Wildman–Crippen LogP) is 2.45. The number of H-pyrrole nitrogens is 1. The van der Waals surface area contributed by atoms with Crippen LogP contribution < -0.4 is 10.3 Å². The SMILES string of the molecule is CCOC(=O)c1ccc(N2CCCN(C(=O)c3c[nH]c4ccccc4c3=O)CC2)nc1. The molecule has 0 bridgehead atoms. The summed E-state index contributed by atoms with van der Waals surface area (Å²) < 4.78 is 4.99. The third kappa shape index (κ3) is 4.28. The van der Waals surface area contributed by atoms with Crippen LogP contribution in [0, 0.1) is 0 Å². The normalized spacial score (nSPS) is 14.4. The molecule has 4 rings (SSSR count). The predicted molar refractivity (Wildman–Crippen MR) is 117 cm³/mol. The van der Waals surface area contributed by atoms with Crippen LogP contribution in [0.25, 0.3) is 10.9 Å². The number of carbonyl (C=O) groups is 2. The average Bonchev–Trinajstić information content (AvgIpc) is 3.06. The molecule has 0 saturated carbocycles. The van der Waals surface area contributed by atoms with Crippen LogP contribution in [-0.2, 0) is 4.74 Å². The monoisotopic (exact) mass is 420 g/mol. The van der Waals surface area contributed by atoms with E-state index >= 15 is 0 Å². The smallest absolute Gasteiger partial charge is 0.339 e. The Morgan fingerprint density at radius 3 is 2.71 bits per heavy atom. The minimum atomic E-state index is -0.394. The highest BCUT2D eigenvalue weighted by molar-refractivity contribution is 5.97. The Morgan fingerprint density at radius 1 is 1.10 bits per heavy atom. The molecule has 0 aliphatic carbocycles. The van der Waals surface area contributed by atoms with Gasteiger partial charge in [-0.05, 0) is 37.6 Å². The van der Waals surface area contributed by atoms with Gasteiger partial charge in [-0.25, -0.2) is 9.78 Å². The van der Waals surface area contributed by atoms with Gasteiger partial charge in [-0.15, -0.1) is 0 Å². The summed E-state index contributed by atoms with van der Waals surface area (Å²) in [5.41, 5.74) is 1.02. The number of ether oxygens (including phenoxy) is 1. The molecule has 8 nitrogen and oxygen atoms in total. The van der Waals surface area contributed by atoms with Crippen molar-refractivity contribution in [1.29, 1.82) is 0 Å². The van der Waals surface area contributed by atoms with Crippen molar-refractivity contribution >= 4 is 28.6 Å². The molecule has 1 N–H and O–H groups in total. The van der Waals surface area contributed by atoms with E-state index in [0.717, 1.165) is 18.8 Å². The van der Waals surface area contributed by atoms with Crippen molar-refractivity contribution in [2.75, 3.05) is 37.7 Å². The zero-order valence-electron chi connectivity index (χ0n) is 17.3. The Hall–Kier alpha value is -3.68. The van der Waals surface area contributed by atoms with Gasteiger partial charge in [0.05, 0.1) is 12.2 Å². The highest BCUT2D eigenvalue weighted by Crippen LogP contribution is 2.16. The molecule has 1 saturated heterocycles. The summed E-state index contributed by atoms with van der Waals surface area (Å²) in [7, 11) is 0. The summed E-state index contributed by atoms with van der Waals surface area (Å²) in [5.74, 6) is 0.0835. The first kappa shape index (κ1) is 20.6. The first-order valence-electron chi connectivity index (χ1n) is 10.4. The number of aromatic nitrogens is 2. The number of aromatic amines is 1. The fraction of sp³-hybridized carbons (Fsp3) is 0.304. The van der Waals surface area contributed by atoms with Crippen LogP contribution >= 0.6 is 0 Å². The number of fused-ring (bicyclic) bond motifs is 1. The van der Waals surface area contributed by atoms with E-state index in [4.69, 9.17) is 4.74 Å². The summed E-state index contributed by atoms with van der Waals surface area (Å²) in [4.78, 5) is 48.9. The summed E-state index contributed by atoms with van der Waals surface area (Å²) in [5, 5.41) is 0.510. The standard InChI is InChI=1S/C23H24N4O4/c1-2-31-23(30)16-8-9-20(25-14-16)26-10-5-11-27(13-12-26)22(29)18-15-24-19-7-4-3-6-17(19)21(18)28/h3-4,6-9,14-15H,2,5,10-13H2,1H3,(H,24,28). The Morgan fingerprint density at radius 2 is 1.94 bits per heavy atom. The molecule has 0 radical (unpaired) electrons. The van der Waals surface area contributed by atoms with Gasteiger partial charge in [0.15, 0.2) is 0 Å². The van der Waals surface area contributed by atoms with Gasteiger partial charge in [-0.1, -0.05) is 12.1 Å². The van der Waals surface area contributed by atoms with Crippen molar-refractivity contribution in [3.63, 3.8) is 0 Å². The molecule has 1 aliphatic rings. The largest absolute Gasteiger partial charge is 0.462 e. The number of hydrogen-bond donors (Lipinski definition) is 1. The highest BCUT2D eigenvalue weighted by atomic mass is 16.5. The van der Waals surface area contributed by atoms with Crippen molar-refractivity contribution in [3.8, 4) is 0 Å².